The first kappa shape index (κ1) is 18.1. The summed E-state index contributed by atoms with van der Waals surface area (Å²) in [4.78, 5) is 2.30. The van der Waals surface area contributed by atoms with Crippen molar-refractivity contribution in [2.75, 3.05) is 4.90 Å². The van der Waals surface area contributed by atoms with E-state index in [4.69, 9.17) is 0 Å². The van der Waals surface area contributed by atoms with E-state index in [1.165, 1.54) is 27.8 Å². The van der Waals surface area contributed by atoms with E-state index in [1.54, 1.807) is 0 Å². The third-order valence-electron chi connectivity index (χ3n) is 5.09. The summed E-state index contributed by atoms with van der Waals surface area (Å²) in [5.74, 6) is 0. The van der Waals surface area contributed by atoms with Crippen LogP contribution in [0.1, 0.15) is 16.7 Å². The van der Waals surface area contributed by atoms with E-state index in [0.29, 0.717) is 0 Å². The lowest BCUT2D eigenvalue weighted by atomic mass is 10.0. The zero-order valence-corrected chi connectivity index (χ0v) is 16.7. The molecule has 0 spiro atoms. The van der Waals surface area contributed by atoms with Gasteiger partial charge in [-0.1, -0.05) is 77.4 Å². The number of rotatable bonds is 4. The molecule has 28 heavy (non-hydrogen) atoms. The summed E-state index contributed by atoms with van der Waals surface area (Å²) in [6.07, 6.45) is 0. The van der Waals surface area contributed by atoms with Crippen molar-refractivity contribution in [1.29, 1.82) is 0 Å². The number of hydrogen-bond acceptors (Lipinski definition) is 1. The van der Waals surface area contributed by atoms with Crippen molar-refractivity contribution in [2.24, 2.45) is 0 Å². The van der Waals surface area contributed by atoms with Crippen LogP contribution in [0.25, 0.3) is 11.1 Å². The first-order valence-electron chi connectivity index (χ1n) is 9.71. The molecular formula is C27H25N. The van der Waals surface area contributed by atoms with E-state index < -0.39 is 0 Å². The summed E-state index contributed by atoms with van der Waals surface area (Å²) in [7, 11) is 0. The molecule has 0 radical (unpaired) electrons. The van der Waals surface area contributed by atoms with Gasteiger partial charge >= 0.3 is 0 Å². The van der Waals surface area contributed by atoms with Gasteiger partial charge in [-0.25, -0.2) is 0 Å². The van der Waals surface area contributed by atoms with Crippen LogP contribution in [-0.4, -0.2) is 0 Å². The minimum absolute atomic E-state index is 1.16. The highest BCUT2D eigenvalue weighted by molar-refractivity contribution is 5.78. The first-order chi connectivity index (χ1) is 13.6. The van der Waals surface area contributed by atoms with E-state index in [1.807, 2.05) is 0 Å². The van der Waals surface area contributed by atoms with E-state index in [-0.39, 0.29) is 0 Å². The molecule has 4 aromatic carbocycles. The average molecular weight is 364 g/mol. The zero-order chi connectivity index (χ0) is 19.5. The summed E-state index contributed by atoms with van der Waals surface area (Å²) in [5.41, 5.74) is 9.78. The molecule has 0 aromatic heterocycles. The lowest BCUT2D eigenvalue weighted by molar-refractivity contribution is 1.27. The maximum absolute atomic E-state index is 2.30. The molecule has 0 amide bonds. The third-order valence-corrected chi connectivity index (χ3v) is 5.09. The Hall–Kier alpha value is -3.32. The number of benzene rings is 4. The van der Waals surface area contributed by atoms with Gasteiger partial charge in [-0.3, -0.25) is 0 Å². The zero-order valence-electron chi connectivity index (χ0n) is 16.7. The summed E-state index contributed by atoms with van der Waals surface area (Å²) in [5, 5.41) is 0. The van der Waals surface area contributed by atoms with Crippen LogP contribution in [0, 0.1) is 20.8 Å². The molecule has 0 fully saturated rings. The van der Waals surface area contributed by atoms with Crippen molar-refractivity contribution in [1.82, 2.24) is 0 Å². The molecule has 0 N–H and O–H groups in total. The van der Waals surface area contributed by atoms with Crippen LogP contribution in [0.3, 0.4) is 0 Å². The molecule has 1 nitrogen and oxygen atoms in total. The number of aryl methyl sites for hydroxylation is 3. The van der Waals surface area contributed by atoms with Gasteiger partial charge in [0, 0.05) is 17.1 Å². The largest absolute Gasteiger partial charge is 0.311 e. The van der Waals surface area contributed by atoms with Gasteiger partial charge in [0.2, 0.25) is 0 Å². The first-order valence-corrected chi connectivity index (χ1v) is 9.71. The van der Waals surface area contributed by atoms with E-state index in [0.717, 1.165) is 17.1 Å². The molecule has 0 heterocycles. The van der Waals surface area contributed by atoms with Crippen LogP contribution in [0.2, 0.25) is 0 Å². The Morgan fingerprint density at radius 1 is 0.357 bits per heavy atom. The van der Waals surface area contributed by atoms with Crippen LogP contribution in [-0.2, 0) is 0 Å². The monoisotopic (exact) mass is 363 g/mol. The maximum atomic E-state index is 2.30. The fourth-order valence-corrected chi connectivity index (χ4v) is 3.38. The third kappa shape index (κ3) is 3.84. The molecule has 0 saturated heterocycles. The molecule has 4 rings (SSSR count). The quantitative estimate of drug-likeness (QED) is 0.358. The van der Waals surface area contributed by atoms with Gasteiger partial charge in [0.1, 0.15) is 0 Å². The maximum Gasteiger partial charge on any atom is 0.0462 e. The second kappa shape index (κ2) is 7.74. The predicted octanol–water partition coefficient (Wildman–Crippen LogP) is 7.75. The summed E-state index contributed by atoms with van der Waals surface area (Å²) in [6.45, 7) is 6.36. The highest BCUT2D eigenvalue weighted by Crippen LogP contribution is 2.35. The molecule has 0 saturated carbocycles. The Labute approximate surface area is 167 Å². The van der Waals surface area contributed by atoms with Gasteiger partial charge in [0.15, 0.2) is 0 Å². The fraction of sp³-hybridized carbons (Fsp3) is 0.111. The average Bonchev–Trinajstić information content (AvgIpc) is 2.72. The van der Waals surface area contributed by atoms with Gasteiger partial charge in [-0.05, 0) is 68.3 Å². The van der Waals surface area contributed by atoms with Crippen molar-refractivity contribution in [3.05, 3.63) is 114 Å². The lowest BCUT2D eigenvalue weighted by Gasteiger charge is -2.26. The van der Waals surface area contributed by atoms with Gasteiger partial charge in [-0.15, -0.1) is 0 Å². The van der Waals surface area contributed by atoms with Crippen LogP contribution in [0.15, 0.2) is 97.1 Å². The Balaban J connectivity index is 1.74. The van der Waals surface area contributed by atoms with E-state index in [2.05, 4.69) is 123 Å². The predicted molar refractivity (Wildman–Crippen MR) is 121 cm³/mol. The Kier molecular flexibility index (Phi) is 4.99. The number of hydrogen-bond donors (Lipinski definition) is 0. The Morgan fingerprint density at radius 2 is 0.607 bits per heavy atom. The minimum Gasteiger partial charge on any atom is -0.311 e. The van der Waals surface area contributed by atoms with E-state index in [9.17, 15) is 0 Å². The molecule has 0 unspecified atom stereocenters. The normalized spacial score (nSPS) is 10.7. The van der Waals surface area contributed by atoms with Gasteiger partial charge in [0.25, 0.3) is 0 Å². The Morgan fingerprint density at radius 3 is 0.964 bits per heavy atom. The van der Waals surface area contributed by atoms with Crippen molar-refractivity contribution < 1.29 is 0 Å². The summed E-state index contributed by atoms with van der Waals surface area (Å²) in [6, 6.07) is 34.9. The van der Waals surface area contributed by atoms with Crippen LogP contribution in [0.4, 0.5) is 17.1 Å². The second-order valence-electron chi connectivity index (χ2n) is 7.42. The van der Waals surface area contributed by atoms with Gasteiger partial charge in [0.05, 0.1) is 0 Å². The SMILES string of the molecule is Cc1ccc(-c2ccc(N(c3ccc(C)cc3)c3ccc(C)cc3)cc2)cc1. The molecular weight excluding hydrogens is 338 g/mol. The van der Waals surface area contributed by atoms with Gasteiger partial charge in [-0.2, -0.15) is 0 Å². The van der Waals surface area contributed by atoms with Crippen molar-refractivity contribution in [3.63, 3.8) is 0 Å². The summed E-state index contributed by atoms with van der Waals surface area (Å²) < 4.78 is 0. The second-order valence-corrected chi connectivity index (χ2v) is 7.42. The fourth-order valence-electron chi connectivity index (χ4n) is 3.38. The standard InChI is InChI=1S/C27H25N/c1-20-4-10-23(11-5-20)24-12-18-27(19-13-24)28(25-14-6-21(2)7-15-25)26-16-8-22(3)9-17-26/h4-19H,1-3H3. The molecule has 138 valence electrons. The topological polar surface area (TPSA) is 3.24 Å². The number of anilines is 3. The number of nitrogens with zero attached hydrogens (tertiary/aromatic N) is 1. The minimum atomic E-state index is 1.16. The van der Waals surface area contributed by atoms with Crippen molar-refractivity contribution >= 4 is 17.1 Å². The van der Waals surface area contributed by atoms with Crippen LogP contribution in [0.5, 0.6) is 0 Å². The van der Waals surface area contributed by atoms with Crippen molar-refractivity contribution in [3.8, 4) is 11.1 Å². The molecule has 1 heteroatoms. The lowest BCUT2D eigenvalue weighted by Crippen LogP contribution is -2.09. The Bertz CT molecular complexity index is 996. The molecule has 0 aliphatic heterocycles. The smallest absolute Gasteiger partial charge is 0.0462 e. The van der Waals surface area contributed by atoms with E-state index >= 15 is 0 Å². The molecule has 0 bridgehead atoms. The van der Waals surface area contributed by atoms with Crippen molar-refractivity contribution in [2.45, 2.75) is 20.8 Å². The molecule has 0 atom stereocenters. The van der Waals surface area contributed by atoms with Crippen LogP contribution >= 0.6 is 0 Å². The highest BCUT2D eigenvalue weighted by Gasteiger charge is 2.12. The summed E-state index contributed by atoms with van der Waals surface area (Å²) >= 11 is 0. The molecule has 4 aromatic rings. The molecule has 0 aliphatic carbocycles. The highest BCUT2D eigenvalue weighted by atomic mass is 15.1. The van der Waals surface area contributed by atoms with Crippen LogP contribution < -0.4 is 4.90 Å². The molecule has 0 aliphatic rings. The van der Waals surface area contributed by atoms with Gasteiger partial charge < -0.3 is 4.90 Å².